The Morgan fingerprint density at radius 2 is 0.929 bits per heavy atom. The van der Waals surface area contributed by atoms with Crippen molar-refractivity contribution in [2.75, 3.05) is 0 Å². The van der Waals surface area contributed by atoms with Gasteiger partial charge >= 0.3 is 0 Å². The van der Waals surface area contributed by atoms with Gasteiger partial charge in [-0.25, -0.2) is 0 Å². The molecule has 0 aliphatic carbocycles. The summed E-state index contributed by atoms with van der Waals surface area (Å²) in [6, 6.07) is 22.9. The fourth-order valence-electron chi connectivity index (χ4n) is 4.68. The molecule has 144 valence electrons. The zero-order valence-electron chi connectivity index (χ0n) is 17.4. The third-order valence-electron chi connectivity index (χ3n) is 6.17. The van der Waals surface area contributed by atoms with Crippen LogP contribution in [0.3, 0.4) is 0 Å². The molecule has 0 aliphatic rings. The van der Waals surface area contributed by atoms with Crippen molar-refractivity contribution < 1.29 is 0 Å². The molecule has 0 amide bonds. The van der Waals surface area contributed by atoms with Gasteiger partial charge < -0.3 is 0 Å². The van der Waals surface area contributed by atoms with Gasteiger partial charge in [0.25, 0.3) is 0 Å². The fraction of sp³-hybridized carbons (Fsp3) is 0.357. The molecule has 0 radical (unpaired) electrons. The summed E-state index contributed by atoms with van der Waals surface area (Å²) in [6.45, 7) is 4.58. The second-order valence-electron chi connectivity index (χ2n) is 8.16. The second kappa shape index (κ2) is 8.78. The highest BCUT2D eigenvalue weighted by molar-refractivity contribution is 6.10. The van der Waals surface area contributed by atoms with E-state index in [2.05, 4.69) is 74.5 Å². The molecular weight excluding hydrogens is 336 g/mol. The van der Waals surface area contributed by atoms with Crippen molar-refractivity contribution in [2.24, 2.45) is 0 Å². The van der Waals surface area contributed by atoms with Gasteiger partial charge in [-0.1, -0.05) is 88.1 Å². The Morgan fingerprint density at radius 3 is 1.36 bits per heavy atom. The summed E-state index contributed by atoms with van der Waals surface area (Å²) >= 11 is 0. The molecule has 4 rings (SSSR count). The average Bonchev–Trinajstić information content (AvgIpc) is 2.74. The van der Waals surface area contributed by atoms with Crippen LogP contribution in [-0.2, 0) is 12.8 Å². The Hall–Kier alpha value is -2.34. The fourth-order valence-corrected chi connectivity index (χ4v) is 4.68. The van der Waals surface area contributed by atoms with Gasteiger partial charge in [-0.05, 0) is 81.3 Å². The van der Waals surface area contributed by atoms with Crippen LogP contribution in [-0.4, -0.2) is 0 Å². The maximum Gasteiger partial charge on any atom is -0.0136 e. The predicted octanol–water partition coefficient (Wildman–Crippen LogP) is 8.61. The first kappa shape index (κ1) is 19.0. The first-order valence-corrected chi connectivity index (χ1v) is 11.2. The molecule has 0 saturated heterocycles. The summed E-state index contributed by atoms with van der Waals surface area (Å²) in [5.41, 5.74) is 3.12. The molecule has 0 bridgehead atoms. The number of unbranched alkanes of at least 4 members (excludes halogenated alkanes) is 4. The van der Waals surface area contributed by atoms with Crippen molar-refractivity contribution in [3.8, 4) is 0 Å². The Labute approximate surface area is 169 Å². The van der Waals surface area contributed by atoms with Gasteiger partial charge in [0.05, 0.1) is 0 Å². The van der Waals surface area contributed by atoms with Crippen LogP contribution in [0.1, 0.15) is 63.5 Å². The molecular formula is C28H32. The zero-order valence-corrected chi connectivity index (χ0v) is 17.4. The zero-order chi connectivity index (χ0) is 19.3. The van der Waals surface area contributed by atoms with Crippen LogP contribution in [0.5, 0.6) is 0 Å². The summed E-state index contributed by atoms with van der Waals surface area (Å²) in [7, 11) is 0. The standard InChI is InChI=1S/C28H32/c1-3-5-7-15-25-23-17-11-12-18-24(23)26(16-8-6-4-2)28-20-22-14-10-9-13-21(22)19-27(25)28/h9-14,17-20H,3-8,15-16H2,1-2H3. The monoisotopic (exact) mass is 368 g/mol. The Balaban J connectivity index is 2.01. The van der Waals surface area contributed by atoms with E-state index >= 15 is 0 Å². The largest absolute Gasteiger partial charge is 0.0654 e. The molecule has 4 aromatic carbocycles. The number of fused-ring (bicyclic) bond motifs is 3. The van der Waals surface area contributed by atoms with Gasteiger partial charge in [0.1, 0.15) is 0 Å². The number of rotatable bonds is 8. The molecule has 0 N–H and O–H groups in total. The van der Waals surface area contributed by atoms with E-state index in [9.17, 15) is 0 Å². The molecule has 4 aromatic rings. The van der Waals surface area contributed by atoms with Crippen LogP contribution >= 0.6 is 0 Å². The normalized spacial score (nSPS) is 11.6. The smallest absolute Gasteiger partial charge is 0.0136 e. The highest BCUT2D eigenvalue weighted by Gasteiger charge is 2.14. The number of hydrogen-bond donors (Lipinski definition) is 0. The van der Waals surface area contributed by atoms with Gasteiger partial charge in [-0.2, -0.15) is 0 Å². The minimum Gasteiger partial charge on any atom is -0.0654 e. The van der Waals surface area contributed by atoms with E-state index in [0.29, 0.717) is 0 Å². The van der Waals surface area contributed by atoms with Crippen LogP contribution in [0.15, 0.2) is 60.7 Å². The van der Waals surface area contributed by atoms with Gasteiger partial charge in [0.15, 0.2) is 0 Å². The van der Waals surface area contributed by atoms with Crippen molar-refractivity contribution in [1.29, 1.82) is 0 Å². The molecule has 0 fully saturated rings. The van der Waals surface area contributed by atoms with E-state index < -0.39 is 0 Å². The molecule has 0 saturated carbocycles. The summed E-state index contributed by atoms with van der Waals surface area (Å²) in [6.07, 6.45) is 10.1. The van der Waals surface area contributed by atoms with E-state index in [1.54, 1.807) is 11.1 Å². The lowest BCUT2D eigenvalue weighted by atomic mass is 9.86. The molecule has 28 heavy (non-hydrogen) atoms. The summed E-state index contributed by atoms with van der Waals surface area (Å²) < 4.78 is 0. The molecule has 0 atom stereocenters. The summed E-state index contributed by atoms with van der Waals surface area (Å²) in [5.74, 6) is 0. The highest BCUT2D eigenvalue weighted by Crippen LogP contribution is 2.37. The van der Waals surface area contributed by atoms with Crippen molar-refractivity contribution in [1.82, 2.24) is 0 Å². The molecule has 0 heterocycles. The lowest BCUT2D eigenvalue weighted by Gasteiger charge is -2.18. The van der Waals surface area contributed by atoms with Crippen LogP contribution in [0.4, 0.5) is 0 Å². The van der Waals surface area contributed by atoms with Crippen molar-refractivity contribution in [2.45, 2.75) is 65.2 Å². The molecule has 0 unspecified atom stereocenters. The number of aryl methyl sites for hydroxylation is 2. The Kier molecular flexibility index (Phi) is 5.95. The van der Waals surface area contributed by atoms with E-state index in [-0.39, 0.29) is 0 Å². The predicted molar refractivity (Wildman–Crippen MR) is 125 cm³/mol. The maximum atomic E-state index is 2.46. The van der Waals surface area contributed by atoms with Crippen LogP contribution in [0.2, 0.25) is 0 Å². The van der Waals surface area contributed by atoms with E-state index in [4.69, 9.17) is 0 Å². The van der Waals surface area contributed by atoms with E-state index in [1.165, 1.54) is 83.7 Å². The lowest BCUT2D eigenvalue weighted by Crippen LogP contribution is -1.97. The minimum atomic E-state index is 1.18. The van der Waals surface area contributed by atoms with Gasteiger partial charge in [0.2, 0.25) is 0 Å². The molecule has 0 heteroatoms. The molecule has 0 nitrogen and oxygen atoms in total. The van der Waals surface area contributed by atoms with E-state index in [0.717, 1.165) is 0 Å². The van der Waals surface area contributed by atoms with Crippen LogP contribution in [0, 0.1) is 0 Å². The van der Waals surface area contributed by atoms with Crippen molar-refractivity contribution >= 4 is 32.3 Å². The Morgan fingerprint density at radius 1 is 0.500 bits per heavy atom. The number of benzene rings is 4. The number of hydrogen-bond acceptors (Lipinski definition) is 0. The second-order valence-corrected chi connectivity index (χ2v) is 8.16. The molecule has 0 spiro atoms. The van der Waals surface area contributed by atoms with Gasteiger partial charge in [-0.3, -0.25) is 0 Å². The SMILES string of the molecule is CCCCCc1c2ccccc2c(CCCCC)c2cc3ccccc3cc12. The minimum absolute atomic E-state index is 1.18. The van der Waals surface area contributed by atoms with Gasteiger partial charge in [-0.15, -0.1) is 0 Å². The molecule has 0 aliphatic heterocycles. The third-order valence-corrected chi connectivity index (χ3v) is 6.17. The quantitative estimate of drug-likeness (QED) is 0.216. The first-order valence-electron chi connectivity index (χ1n) is 11.2. The van der Waals surface area contributed by atoms with E-state index in [1.807, 2.05) is 0 Å². The topological polar surface area (TPSA) is 0 Å². The Bertz CT molecular complexity index is 1000. The third kappa shape index (κ3) is 3.65. The van der Waals surface area contributed by atoms with Crippen molar-refractivity contribution in [3.05, 3.63) is 71.8 Å². The highest BCUT2D eigenvalue weighted by atomic mass is 14.2. The van der Waals surface area contributed by atoms with Crippen molar-refractivity contribution in [3.63, 3.8) is 0 Å². The summed E-state index contributed by atoms with van der Waals surface area (Å²) in [4.78, 5) is 0. The molecule has 0 aromatic heterocycles. The lowest BCUT2D eigenvalue weighted by molar-refractivity contribution is 0.719. The van der Waals surface area contributed by atoms with Gasteiger partial charge in [0, 0.05) is 0 Å². The first-order chi connectivity index (χ1) is 13.8. The summed E-state index contributed by atoms with van der Waals surface area (Å²) in [5, 5.41) is 8.66. The average molecular weight is 369 g/mol. The van der Waals surface area contributed by atoms with Crippen LogP contribution in [0.25, 0.3) is 32.3 Å². The maximum absolute atomic E-state index is 2.46. The van der Waals surface area contributed by atoms with Crippen LogP contribution < -0.4 is 0 Å².